The molecular weight excluding hydrogens is 547 g/mol. The Hall–Kier alpha value is -1.70. The second kappa shape index (κ2) is 9.00. The molecule has 2 aromatic carbocycles. The van der Waals surface area contributed by atoms with Gasteiger partial charge >= 0.3 is 11.4 Å². The number of benzene rings is 2. The Balaban J connectivity index is 1.76. The summed E-state index contributed by atoms with van der Waals surface area (Å²) in [6, 6.07) is 5.62. The van der Waals surface area contributed by atoms with Crippen LogP contribution in [0.15, 0.2) is 41.3 Å². The van der Waals surface area contributed by atoms with E-state index in [2.05, 4.69) is 4.72 Å². The second-order valence-electron chi connectivity index (χ2n) is 8.29. The molecule has 0 saturated heterocycles. The number of nitrogens with one attached hydrogen (secondary N) is 1. The molecule has 0 bridgehead atoms. The zero-order valence-corrected chi connectivity index (χ0v) is 19.9. The smallest absolute Gasteiger partial charge is 0.465 e. The SMILES string of the molecule is O=S(=O)(c1ccc(Cl)cc1)[C@@]12CC[C@@H](NSC(F)(F)C(F)(F)F)C[C@@H]1COc1c(F)ccc(F)c12. The molecule has 1 saturated carbocycles. The normalized spacial score (nSPS) is 24.9. The number of hydrogen-bond acceptors (Lipinski definition) is 5. The van der Waals surface area contributed by atoms with Gasteiger partial charge in [0.25, 0.3) is 0 Å². The van der Waals surface area contributed by atoms with Gasteiger partial charge in [-0.1, -0.05) is 11.6 Å². The molecule has 0 radical (unpaired) electrons. The van der Waals surface area contributed by atoms with E-state index < -0.39 is 79.5 Å². The zero-order valence-electron chi connectivity index (χ0n) is 17.5. The van der Waals surface area contributed by atoms with Crippen LogP contribution in [0.3, 0.4) is 0 Å². The van der Waals surface area contributed by atoms with E-state index in [1.165, 1.54) is 24.3 Å². The van der Waals surface area contributed by atoms with E-state index in [1.807, 2.05) is 0 Å². The molecule has 1 heterocycles. The Labute approximate surface area is 205 Å². The molecule has 0 aromatic heterocycles. The van der Waals surface area contributed by atoms with Crippen molar-refractivity contribution in [3.8, 4) is 5.75 Å². The molecule has 1 aliphatic heterocycles. The summed E-state index contributed by atoms with van der Waals surface area (Å²) in [5.41, 5.74) is -0.518. The molecule has 0 spiro atoms. The van der Waals surface area contributed by atoms with Crippen molar-refractivity contribution in [3.63, 3.8) is 0 Å². The minimum Gasteiger partial charge on any atom is -0.490 e. The largest absolute Gasteiger partial charge is 0.490 e. The van der Waals surface area contributed by atoms with Gasteiger partial charge < -0.3 is 4.74 Å². The Morgan fingerprint density at radius 2 is 1.66 bits per heavy atom. The minimum atomic E-state index is -5.80. The summed E-state index contributed by atoms with van der Waals surface area (Å²) in [4.78, 5) is -0.229. The quantitative estimate of drug-likeness (QED) is 0.345. The van der Waals surface area contributed by atoms with Gasteiger partial charge in [0, 0.05) is 28.9 Å². The lowest BCUT2D eigenvalue weighted by molar-refractivity contribution is -0.237. The van der Waals surface area contributed by atoms with E-state index in [1.54, 1.807) is 0 Å². The van der Waals surface area contributed by atoms with Crippen molar-refractivity contribution in [2.75, 3.05) is 6.61 Å². The fourth-order valence-corrected chi connectivity index (χ4v) is 7.80. The molecule has 0 amide bonds. The van der Waals surface area contributed by atoms with Crippen molar-refractivity contribution in [2.24, 2.45) is 5.92 Å². The van der Waals surface area contributed by atoms with Crippen LogP contribution in [0.25, 0.3) is 0 Å². The first-order chi connectivity index (χ1) is 16.2. The number of ether oxygens (including phenoxy) is 1. The van der Waals surface area contributed by atoms with Gasteiger partial charge in [-0.05, 0) is 55.7 Å². The lowest BCUT2D eigenvalue weighted by atomic mass is 9.71. The van der Waals surface area contributed by atoms with Crippen LogP contribution in [0.4, 0.5) is 30.7 Å². The monoisotopic (exact) mass is 563 g/mol. The molecule has 3 atom stereocenters. The molecule has 1 N–H and O–H groups in total. The Morgan fingerprint density at radius 1 is 1.03 bits per heavy atom. The van der Waals surface area contributed by atoms with Crippen molar-refractivity contribution in [3.05, 3.63) is 58.6 Å². The van der Waals surface area contributed by atoms with Crippen LogP contribution in [-0.2, 0) is 14.6 Å². The highest BCUT2D eigenvalue weighted by Gasteiger charge is 2.61. The van der Waals surface area contributed by atoms with Crippen molar-refractivity contribution in [1.29, 1.82) is 0 Å². The summed E-state index contributed by atoms with van der Waals surface area (Å²) in [5, 5.41) is -4.85. The first kappa shape index (κ1) is 26.4. The number of sulfone groups is 1. The number of halogens is 8. The molecule has 1 fully saturated rings. The first-order valence-corrected chi connectivity index (χ1v) is 12.9. The molecule has 0 unspecified atom stereocenters. The molecule has 14 heteroatoms. The fraction of sp³-hybridized carbons (Fsp3) is 0.429. The summed E-state index contributed by atoms with van der Waals surface area (Å²) in [7, 11) is -4.45. The van der Waals surface area contributed by atoms with Gasteiger partial charge in [0.15, 0.2) is 21.4 Å². The summed E-state index contributed by atoms with van der Waals surface area (Å²) >= 11 is 5.04. The first-order valence-electron chi connectivity index (χ1n) is 10.2. The van der Waals surface area contributed by atoms with Gasteiger partial charge in [0.05, 0.1) is 17.1 Å². The highest BCUT2D eigenvalue weighted by atomic mass is 35.5. The number of fused-ring (bicyclic) bond motifs is 3. The van der Waals surface area contributed by atoms with Gasteiger partial charge in [0.1, 0.15) is 10.6 Å². The van der Waals surface area contributed by atoms with E-state index in [9.17, 15) is 34.8 Å². The van der Waals surface area contributed by atoms with Crippen LogP contribution in [0.5, 0.6) is 5.75 Å². The predicted octanol–water partition coefficient (Wildman–Crippen LogP) is 6.24. The second-order valence-corrected chi connectivity index (χ2v) is 11.9. The van der Waals surface area contributed by atoms with Crippen LogP contribution in [0, 0.1) is 17.6 Å². The van der Waals surface area contributed by atoms with Crippen molar-refractivity contribution < 1.29 is 43.9 Å². The Kier molecular flexibility index (Phi) is 6.78. The van der Waals surface area contributed by atoms with Crippen LogP contribution < -0.4 is 9.46 Å². The van der Waals surface area contributed by atoms with Crippen LogP contribution in [0.2, 0.25) is 5.02 Å². The van der Waals surface area contributed by atoms with E-state index >= 15 is 4.39 Å². The van der Waals surface area contributed by atoms with E-state index in [4.69, 9.17) is 16.3 Å². The van der Waals surface area contributed by atoms with Crippen LogP contribution >= 0.6 is 23.5 Å². The molecule has 2 aromatic rings. The highest BCUT2D eigenvalue weighted by Crippen LogP contribution is 2.57. The molecule has 192 valence electrons. The maximum Gasteiger partial charge on any atom is 0.465 e. The standard InChI is InChI=1S/C21H17ClF7NO3S2/c22-12-1-3-14(4-2-12)35(31,32)19-8-7-13(30-34-21(28,29)20(25,26)27)9-11(19)10-33-18-16(24)6-5-15(23)17(18)19/h1-6,11,13,30H,7-10H2/t11-,13-,19+/m1/s1. The lowest BCUT2D eigenvalue weighted by Gasteiger charge is -2.49. The van der Waals surface area contributed by atoms with Crippen molar-refractivity contribution in [1.82, 2.24) is 4.72 Å². The molecule has 35 heavy (non-hydrogen) atoms. The molecule has 2 aliphatic rings. The summed E-state index contributed by atoms with van der Waals surface area (Å²) < 4.78 is 127. The van der Waals surface area contributed by atoms with Crippen molar-refractivity contribution in [2.45, 2.75) is 46.4 Å². The highest BCUT2D eigenvalue weighted by molar-refractivity contribution is 7.98. The predicted molar refractivity (Wildman–Crippen MR) is 115 cm³/mol. The third-order valence-corrected chi connectivity index (χ3v) is 10.1. The van der Waals surface area contributed by atoms with E-state index in [0.717, 1.165) is 12.1 Å². The third-order valence-electron chi connectivity index (χ3n) is 6.29. The summed E-state index contributed by atoms with van der Waals surface area (Å²) in [5.74, 6) is -3.67. The van der Waals surface area contributed by atoms with Gasteiger partial charge in [-0.15, -0.1) is 0 Å². The van der Waals surface area contributed by atoms with Crippen LogP contribution in [0.1, 0.15) is 24.8 Å². The summed E-state index contributed by atoms with van der Waals surface area (Å²) in [6.45, 7) is -0.418. The van der Waals surface area contributed by atoms with E-state index in [0.29, 0.717) is 0 Å². The lowest BCUT2D eigenvalue weighted by Crippen LogP contribution is -2.54. The average molecular weight is 564 g/mol. The number of alkyl halides is 5. The molecular formula is C21H17ClF7NO3S2. The number of hydrogen-bond donors (Lipinski definition) is 1. The maximum absolute atomic E-state index is 15.1. The summed E-state index contributed by atoms with van der Waals surface area (Å²) in [6.07, 6.45) is -6.63. The van der Waals surface area contributed by atoms with E-state index in [-0.39, 0.29) is 29.2 Å². The Morgan fingerprint density at radius 3 is 2.29 bits per heavy atom. The zero-order chi connectivity index (χ0) is 25.8. The third kappa shape index (κ3) is 4.38. The topological polar surface area (TPSA) is 55.4 Å². The van der Waals surface area contributed by atoms with Gasteiger partial charge in [-0.25, -0.2) is 17.2 Å². The molecule has 4 rings (SSSR count). The number of rotatable bonds is 5. The van der Waals surface area contributed by atoms with Crippen LogP contribution in [-0.4, -0.2) is 32.5 Å². The average Bonchev–Trinajstić information content (AvgIpc) is 2.79. The maximum atomic E-state index is 15.1. The molecule has 1 aliphatic carbocycles. The Bertz CT molecular complexity index is 1220. The minimum absolute atomic E-state index is 0.209. The van der Waals surface area contributed by atoms with Gasteiger partial charge in [-0.3, -0.25) is 4.72 Å². The van der Waals surface area contributed by atoms with Gasteiger partial charge in [-0.2, -0.15) is 22.0 Å². The fourth-order valence-electron chi connectivity index (χ4n) is 4.66. The molecule has 4 nitrogen and oxygen atoms in total. The van der Waals surface area contributed by atoms with Gasteiger partial charge in [0.2, 0.25) is 0 Å². The van der Waals surface area contributed by atoms with Crippen molar-refractivity contribution >= 4 is 33.4 Å².